The zero-order chi connectivity index (χ0) is 36.0. The van der Waals surface area contributed by atoms with Crippen LogP contribution in [0, 0.1) is 0 Å². The summed E-state index contributed by atoms with van der Waals surface area (Å²) in [6, 6.07) is 20.3. The summed E-state index contributed by atoms with van der Waals surface area (Å²) in [6.07, 6.45) is 8.15. The first-order valence-corrected chi connectivity index (χ1v) is 17.0. The van der Waals surface area contributed by atoms with Crippen LogP contribution in [-0.2, 0) is 15.0 Å². The summed E-state index contributed by atoms with van der Waals surface area (Å²) in [5.74, 6) is 0.282. The number of aromatic nitrogens is 5. The molecule has 3 aromatic carbocycles. The number of carbonyl (C=O) groups excluding carboxylic acids is 4. The lowest BCUT2D eigenvalue weighted by molar-refractivity contribution is -0.136. The van der Waals surface area contributed by atoms with Gasteiger partial charge in [0.1, 0.15) is 23.6 Å². The normalized spacial score (nSPS) is 19.9. The van der Waals surface area contributed by atoms with E-state index in [0.29, 0.717) is 23.1 Å². The zero-order valence-electron chi connectivity index (χ0n) is 28.4. The van der Waals surface area contributed by atoms with E-state index < -0.39 is 29.7 Å². The molecule has 1 saturated heterocycles. The Labute approximate surface area is 298 Å². The average molecular weight is 699 g/mol. The molecule has 4 amide bonds. The van der Waals surface area contributed by atoms with Gasteiger partial charge in [-0.2, -0.15) is 0 Å². The summed E-state index contributed by atoms with van der Waals surface area (Å²) < 4.78 is 13.7. The summed E-state index contributed by atoms with van der Waals surface area (Å²) >= 11 is 0. The minimum absolute atomic E-state index is 0.0352. The lowest BCUT2D eigenvalue weighted by atomic mass is 9.78. The van der Waals surface area contributed by atoms with E-state index in [0.717, 1.165) is 34.6 Å². The lowest BCUT2D eigenvalue weighted by Gasteiger charge is -2.36. The van der Waals surface area contributed by atoms with Gasteiger partial charge < -0.3 is 14.8 Å². The van der Waals surface area contributed by atoms with E-state index >= 15 is 0 Å². The Morgan fingerprint density at radius 3 is 2.21 bits per heavy atom. The van der Waals surface area contributed by atoms with E-state index in [-0.39, 0.29) is 41.5 Å². The smallest absolute Gasteiger partial charge is 0.262 e. The number of nitrogens with zero attached hydrogens (tertiary/aromatic N) is 6. The first-order valence-electron chi connectivity index (χ1n) is 17.0. The maximum Gasteiger partial charge on any atom is 0.262 e. The molecule has 262 valence electrons. The molecule has 3 aliphatic rings. The van der Waals surface area contributed by atoms with Gasteiger partial charge in [-0.1, -0.05) is 43.3 Å². The SMILES string of the molecule is CC(C)(c1ccc(Oc2cnc(-n3ccnn3)cn2)cc1)c1ccc(O[C@H]2C[C@H](Nc3ccc4c(c3)C(=O)N(C3CCC(=O)NC3=O)C4=O)C2)cc1. The number of imide groups is 2. The number of fused-ring (bicyclic) bond motifs is 1. The fourth-order valence-corrected chi connectivity index (χ4v) is 6.76. The highest BCUT2D eigenvalue weighted by atomic mass is 16.5. The van der Waals surface area contributed by atoms with Gasteiger partial charge in [0.15, 0.2) is 5.82 Å². The van der Waals surface area contributed by atoms with Crippen LogP contribution in [0.1, 0.15) is 71.4 Å². The van der Waals surface area contributed by atoms with Gasteiger partial charge in [0.05, 0.1) is 35.9 Å². The van der Waals surface area contributed by atoms with Gasteiger partial charge in [0.2, 0.25) is 17.7 Å². The summed E-state index contributed by atoms with van der Waals surface area (Å²) in [4.78, 5) is 59.7. The molecule has 2 fully saturated rings. The minimum Gasteiger partial charge on any atom is -0.490 e. The average Bonchev–Trinajstić information content (AvgIpc) is 3.75. The van der Waals surface area contributed by atoms with Crippen molar-refractivity contribution < 1.29 is 28.7 Å². The predicted molar refractivity (Wildman–Crippen MR) is 186 cm³/mol. The predicted octanol–water partition coefficient (Wildman–Crippen LogP) is 4.60. The van der Waals surface area contributed by atoms with Crippen molar-refractivity contribution in [2.24, 2.45) is 0 Å². The molecule has 14 heteroatoms. The van der Waals surface area contributed by atoms with Crippen LogP contribution in [0.2, 0.25) is 0 Å². The standard InChI is InChI=1S/C38H34N8O6/c1-38(2,23-5-10-27(11-6-23)52-34-21-39-32(20-40-34)45-16-15-41-44-45)22-3-8-26(9-4-22)51-28-17-25(18-28)42-24-7-12-29-30(19-24)37(50)46(36(29)49)31-13-14-33(47)43-35(31)48/h3-12,15-16,19-21,25,28,31,42H,13-14,17-18H2,1-2H3,(H,43,47,48)/t25-,28-,31?. The summed E-state index contributed by atoms with van der Waals surface area (Å²) in [5.41, 5.74) is 3.20. The number of rotatable bonds is 10. The number of hydrogen-bond donors (Lipinski definition) is 2. The number of piperidine rings is 1. The van der Waals surface area contributed by atoms with E-state index in [1.165, 1.54) is 4.68 Å². The highest BCUT2D eigenvalue weighted by Gasteiger charge is 2.45. The maximum atomic E-state index is 13.2. The van der Waals surface area contributed by atoms with E-state index in [9.17, 15) is 19.2 Å². The Hall–Kier alpha value is -6.44. The van der Waals surface area contributed by atoms with Gasteiger partial charge in [-0.05, 0) is 60.0 Å². The van der Waals surface area contributed by atoms with Gasteiger partial charge in [-0.15, -0.1) is 5.10 Å². The molecule has 0 spiro atoms. The summed E-state index contributed by atoms with van der Waals surface area (Å²) in [5, 5.41) is 13.3. The molecule has 5 aromatic rings. The lowest BCUT2D eigenvalue weighted by Crippen LogP contribution is -2.54. The quantitative estimate of drug-likeness (QED) is 0.196. The third-order valence-electron chi connectivity index (χ3n) is 9.85. The second-order valence-corrected chi connectivity index (χ2v) is 13.6. The fourth-order valence-electron chi connectivity index (χ4n) is 6.76. The minimum atomic E-state index is -0.989. The van der Waals surface area contributed by atoms with Gasteiger partial charge in [-0.25, -0.2) is 14.6 Å². The Kier molecular flexibility index (Phi) is 8.20. The number of carbonyl (C=O) groups is 4. The summed E-state index contributed by atoms with van der Waals surface area (Å²) in [7, 11) is 0. The van der Waals surface area contributed by atoms with Gasteiger partial charge >= 0.3 is 0 Å². The van der Waals surface area contributed by atoms with E-state index in [4.69, 9.17) is 9.47 Å². The second-order valence-electron chi connectivity index (χ2n) is 13.6. The number of ether oxygens (including phenoxy) is 2. The topological polar surface area (TPSA) is 171 Å². The van der Waals surface area contributed by atoms with Crippen LogP contribution >= 0.6 is 0 Å². The Balaban J connectivity index is 0.831. The molecule has 1 aliphatic carbocycles. The van der Waals surface area contributed by atoms with Gasteiger partial charge in [0, 0.05) is 36.4 Å². The highest BCUT2D eigenvalue weighted by molar-refractivity contribution is 6.23. The van der Waals surface area contributed by atoms with Crippen LogP contribution in [0.4, 0.5) is 5.69 Å². The molecule has 14 nitrogen and oxygen atoms in total. The maximum absolute atomic E-state index is 13.2. The van der Waals surface area contributed by atoms with E-state index in [1.807, 2.05) is 36.4 Å². The fraction of sp³-hybridized carbons (Fsp3) is 0.263. The van der Waals surface area contributed by atoms with Crippen LogP contribution in [0.25, 0.3) is 5.82 Å². The van der Waals surface area contributed by atoms with Crippen molar-refractivity contribution in [3.63, 3.8) is 0 Å². The number of benzene rings is 3. The van der Waals surface area contributed by atoms with Gasteiger partial charge in [0.25, 0.3) is 11.8 Å². The highest BCUT2D eigenvalue weighted by Crippen LogP contribution is 2.36. The second kappa shape index (κ2) is 13.0. The van der Waals surface area contributed by atoms with Crippen LogP contribution in [0.3, 0.4) is 0 Å². The van der Waals surface area contributed by atoms with Gasteiger partial charge in [-0.3, -0.25) is 29.4 Å². The monoisotopic (exact) mass is 698 g/mol. The van der Waals surface area contributed by atoms with Crippen LogP contribution in [0.5, 0.6) is 17.4 Å². The molecule has 8 rings (SSSR count). The van der Waals surface area contributed by atoms with Crippen molar-refractivity contribution in [3.8, 4) is 23.2 Å². The Bertz CT molecular complexity index is 2160. The molecule has 1 unspecified atom stereocenters. The van der Waals surface area contributed by atoms with Crippen LogP contribution < -0.4 is 20.1 Å². The van der Waals surface area contributed by atoms with Crippen LogP contribution in [-0.4, -0.2) is 71.7 Å². The zero-order valence-corrected chi connectivity index (χ0v) is 28.4. The van der Waals surface area contributed by atoms with Crippen molar-refractivity contribution in [3.05, 3.63) is 114 Å². The summed E-state index contributed by atoms with van der Waals surface area (Å²) in [6.45, 7) is 4.34. The molecular formula is C38H34N8O6. The third kappa shape index (κ3) is 6.23. The number of anilines is 1. The van der Waals surface area contributed by atoms with E-state index in [2.05, 4.69) is 56.9 Å². The molecule has 1 atom stereocenters. The number of nitrogens with one attached hydrogen (secondary N) is 2. The number of hydrogen-bond acceptors (Lipinski definition) is 11. The van der Waals surface area contributed by atoms with Crippen molar-refractivity contribution in [2.75, 3.05) is 5.32 Å². The first-order chi connectivity index (χ1) is 25.1. The first kappa shape index (κ1) is 32.7. The Morgan fingerprint density at radius 2 is 1.56 bits per heavy atom. The van der Waals surface area contributed by atoms with Crippen molar-refractivity contribution in [2.45, 2.75) is 63.1 Å². The molecule has 2 N–H and O–H groups in total. The third-order valence-corrected chi connectivity index (χ3v) is 9.85. The molecule has 2 aliphatic heterocycles. The van der Waals surface area contributed by atoms with Crippen LogP contribution in [0.15, 0.2) is 91.5 Å². The molecule has 1 saturated carbocycles. The molecular weight excluding hydrogens is 664 g/mol. The van der Waals surface area contributed by atoms with E-state index in [1.54, 1.807) is 43.0 Å². The molecule has 0 radical (unpaired) electrons. The number of amides is 4. The van der Waals surface area contributed by atoms with Crippen molar-refractivity contribution >= 4 is 29.3 Å². The molecule has 52 heavy (non-hydrogen) atoms. The molecule has 4 heterocycles. The van der Waals surface area contributed by atoms with Crippen molar-refractivity contribution in [1.29, 1.82) is 0 Å². The Morgan fingerprint density at radius 1 is 0.846 bits per heavy atom. The molecule has 2 aromatic heterocycles. The largest absolute Gasteiger partial charge is 0.490 e. The molecule has 0 bridgehead atoms. The van der Waals surface area contributed by atoms with Crippen molar-refractivity contribution in [1.82, 2.24) is 35.2 Å².